The van der Waals surface area contributed by atoms with E-state index in [1.165, 1.54) is 0 Å². The summed E-state index contributed by atoms with van der Waals surface area (Å²) in [6, 6.07) is 10.5. The molecule has 0 aliphatic carbocycles. The third kappa shape index (κ3) is 2.12. The fourth-order valence-electron chi connectivity index (χ4n) is 1.49. The molecule has 0 aliphatic rings. The van der Waals surface area contributed by atoms with Crippen LogP contribution in [0.1, 0.15) is 21.6 Å². The van der Waals surface area contributed by atoms with Gasteiger partial charge in [0.2, 0.25) is 0 Å². The highest BCUT2D eigenvalue weighted by atomic mass is 35.5. The van der Waals surface area contributed by atoms with Gasteiger partial charge < -0.3 is 0 Å². The second kappa shape index (κ2) is 4.45. The molecule has 16 heavy (non-hydrogen) atoms. The Balaban J connectivity index is 2.44. The quantitative estimate of drug-likeness (QED) is 0.743. The van der Waals surface area contributed by atoms with Crippen LogP contribution in [0.3, 0.4) is 0 Å². The van der Waals surface area contributed by atoms with Gasteiger partial charge in [-0.15, -0.1) is 0 Å². The van der Waals surface area contributed by atoms with Crippen LogP contribution in [0.5, 0.6) is 0 Å². The van der Waals surface area contributed by atoms with Gasteiger partial charge in [-0.3, -0.25) is 9.78 Å². The van der Waals surface area contributed by atoms with Gasteiger partial charge in [-0.2, -0.15) is 0 Å². The van der Waals surface area contributed by atoms with Crippen molar-refractivity contribution in [2.24, 2.45) is 0 Å². The summed E-state index contributed by atoms with van der Waals surface area (Å²) in [7, 11) is 0. The van der Waals surface area contributed by atoms with E-state index < -0.39 is 0 Å². The predicted molar refractivity (Wildman–Crippen MR) is 63.9 cm³/mol. The average Bonchev–Trinajstić information content (AvgIpc) is 2.29. The Bertz CT molecular complexity index is 537. The minimum Gasteiger partial charge on any atom is -0.289 e. The van der Waals surface area contributed by atoms with Gasteiger partial charge in [-0.05, 0) is 31.2 Å². The molecular formula is C13H10ClNO. The Morgan fingerprint density at radius 3 is 2.69 bits per heavy atom. The lowest BCUT2D eigenvalue weighted by molar-refractivity contribution is 0.103. The number of halogens is 1. The minimum atomic E-state index is -0.0731. The number of hydrogen-bond acceptors (Lipinski definition) is 2. The molecule has 1 heterocycles. The molecule has 0 unspecified atom stereocenters. The zero-order valence-electron chi connectivity index (χ0n) is 8.77. The molecule has 0 atom stereocenters. The van der Waals surface area contributed by atoms with Crippen LogP contribution in [0.15, 0.2) is 42.6 Å². The first-order valence-electron chi connectivity index (χ1n) is 4.90. The van der Waals surface area contributed by atoms with Gasteiger partial charge in [-0.25, -0.2) is 0 Å². The zero-order chi connectivity index (χ0) is 11.5. The summed E-state index contributed by atoms with van der Waals surface area (Å²) in [5, 5.41) is 0.474. The molecule has 2 nitrogen and oxygen atoms in total. The van der Waals surface area contributed by atoms with Crippen molar-refractivity contribution in [3.63, 3.8) is 0 Å². The molecule has 2 aromatic rings. The summed E-state index contributed by atoms with van der Waals surface area (Å²) in [4.78, 5) is 16.2. The maximum Gasteiger partial charge on any atom is 0.194 e. The summed E-state index contributed by atoms with van der Waals surface area (Å²) >= 11 is 5.97. The third-order valence-electron chi connectivity index (χ3n) is 2.28. The molecule has 80 valence electrons. The van der Waals surface area contributed by atoms with Crippen LogP contribution >= 0.6 is 11.6 Å². The number of hydrogen-bond donors (Lipinski definition) is 0. The average molecular weight is 232 g/mol. The number of nitrogens with zero attached hydrogens (tertiary/aromatic N) is 1. The molecule has 1 aromatic heterocycles. The van der Waals surface area contributed by atoms with Crippen LogP contribution in [0.25, 0.3) is 0 Å². The van der Waals surface area contributed by atoms with Crippen molar-refractivity contribution in [1.29, 1.82) is 0 Å². The minimum absolute atomic E-state index is 0.0731. The second-order valence-electron chi connectivity index (χ2n) is 3.49. The van der Waals surface area contributed by atoms with Crippen molar-refractivity contribution in [3.8, 4) is 0 Å². The molecule has 2 rings (SSSR count). The lowest BCUT2D eigenvalue weighted by Gasteiger charge is -2.03. The maximum absolute atomic E-state index is 12.1. The normalized spacial score (nSPS) is 10.1. The van der Waals surface area contributed by atoms with E-state index in [1.54, 1.807) is 42.6 Å². The second-order valence-corrected chi connectivity index (χ2v) is 3.90. The fraction of sp³-hybridized carbons (Fsp3) is 0.0769. The van der Waals surface area contributed by atoms with Crippen molar-refractivity contribution in [2.45, 2.75) is 6.92 Å². The van der Waals surface area contributed by atoms with Crippen LogP contribution in [-0.2, 0) is 0 Å². The topological polar surface area (TPSA) is 30.0 Å². The Labute approximate surface area is 98.9 Å². The van der Waals surface area contributed by atoms with Crippen LogP contribution < -0.4 is 0 Å². The van der Waals surface area contributed by atoms with E-state index in [0.717, 1.165) is 5.69 Å². The smallest absolute Gasteiger partial charge is 0.194 e. The van der Waals surface area contributed by atoms with Gasteiger partial charge in [0.25, 0.3) is 0 Å². The van der Waals surface area contributed by atoms with E-state index in [-0.39, 0.29) is 5.78 Å². The van der Waals surface area contributed by atoms with Crippen LogP contribution in [0, 0.1) is 6.92 Å². The fourth-order valence-corrected chi connectivity index (χ4v) is 1.71. The molecule has 0 saturated heterocycles. The number of rotatable bonds is 2. The van der Waals surface area contributed by atoms with Gasteiger partial charge >= 0.3 is 0 Å². The SMILES string of the molecule is Cc1cc(C(=O)c2ccccc2Cl)ccn1. The van der Waals surface area contributed by atoms with E-state index in [1.807, 2.05) is 6.92 Å². The van der Waals surface area contributed by atoms with E-state index >= 15 is 0 Å². The first-order chi connectivity index (χ1) is 7.68. The summed E-state index contributed by atoms with van der Waals surface area (Å²) in [6.07, 6.45) is 1.62. The molecule has 0 amide bonds. The summed E-state index contributed by atoms with van der Waals surface area (Å²) in [5.41, 5.74) is 1.95. The van der Waals surface area contributed by atoms with Crippen molar-refractivity contribution in [1.82, 2.24) is 4.98 Å². The van der Waals surface area contributed by atoms with E-state index in [0.29, 0.717) is 16.1 Å². The molecule has 1 aromatic carbocycles. The monoisotopic (exact) mass is 231 g/mol. The van der Waals surface area contributed by atoms with E-state index in [4.69, 9.17) is 11.6 Å². The number of ketones is 1. The molecule has 0 aliphatic heterocycles. The lowest BCUT2D eigenvalue weighted by Crippen LogP contribution is -2.02. The summed E-state index contributed by atoms with van der Waals surface area (Å²) < 4.78 is 0. The highest BCUT2D eigenvalue weighted by Crippen LogP contribution is 2.18. The van der Waals surface area contributed by atoms with Crippen LogP contribution in [0.2, 0.25) is 5.02 Å². The maximum atomic E-state index is 12.1. The number of aromatic nitrogens is 1. The number of aryl methyl sites for hydroxylation is 1. The van der Waals surface area contributed by atoms with Gasteiger partial charge in [-0.1, -0.05) is 23.7 Å². The van der Waals surface area contributed by atoms with E-state index in [2.05, 4.69) is 4.98 Å². The van der Waals surface area contributed by atoms with Crippen molar-refractivity contribution >= 4 is 17.4 Å². The van der Waals surface area contributed by atoms with Gasteiger partial charge in [0.1, 0.15) is 0 Å². The Morgan fingerprint density at radius 1 is 1.25 bits per heavy atom. The molecule has 0 saturated carbocycles. The third-order valence-corrected chi connectivity index (χ3v) is 2.61. The van der Waals surface area contributed by atoms with Gasteiger partial charge in [0.15, 0.2) is 5.78 Å². The molecule has 0 radical (unpaired) electrons. The number of pyridine rings is 1. The van der Waals surface area contributed by atoms with Crippen LogP contribution in [0.4, 0.5) is 0 Å². The molecule has 0 spiro atoms. The number of carbonyl (C=O) groups excluding carboxylic acids is 1. The molecule has 3 heteroatoms. The van der Waals surface area contributed by atoms with Crippen molar-refractivity contribution < 1.29 is 4.79 Å². The van der Waals surface area contributed by atoms with Crippen molar-refractivity contribution in [3.05, 3.63) is 64.4 Å². The molecule has 0 N–H and O–H groups in total. The molecule has 0 fully saturated rings. The highest BCUT2D eigenvalue weighted by Gasteiger charge is 2.11. The Hall–Kier alpha value is -1.67. The Morgan fingerprint density at radius 2 is 2.00 bits per heavy atom. The van der Waals surface area contributed by atoms with Crippen molar-refractivity contribution in [2.75, 3.05) is 0 Å². The van der Waals surface area contributed by atoms with Crippen LogP contribution in [-0.4, -0.2) is 10.8 Å². The molecule has 0 bridgehead atoms. The first-order valence-corrected chi connectivity index (χ1v) is 5.28. The van der Waals surface area contributed by atoms with E-state index in [9.17, 15) is 4.79 Å². The summed E-state index contributed by atoms with van der Waals surface area (Å²) in [6.45, 7) is 1.85. The lowest BCUT2D eigenvalue weighted by atomic mass is 10.0. The summed E-state index contributed by atoms with van der Waals surface area (Å²) in [5.74, 6) is -0.0731. The highest BCUT2D eigenvalue weighted by molar-refractivity contribution is 6.34. The predicted octanol–water partition coefficient (Wildman–Crippen LogP) is 3.27. The number of benzene rings is 1. The number of carbonyl (C=O) groups is 1. The van der Waals surface area contributed by atoms with Gasteiger partial charge in [0, 0.05) is 23.0 Å². The van der Waals surface area contributed by atoms with Gasteiger partial charge in [0.05, 0.1) is 5.02 Å². The standard InChI is InChI=1S/C13H10ClNO/c1-9-8-10(6-7-15-9)13(16)11-4-2-3-5-12(11)14/h2-8H,1H3. The largest absolute Gasteiger partial charge is 0.289 e. The first kappa shape index (κ1) is 10.8. The Kier molecular flexibility index (Phi) is 3.02. The zero-order valence-corrected chi connectivity index (χ0v) is 9.53. The molecular weight excluding hydrogens is 222 g/mol.